The lowest BCUT2D eigenvalue weighted by molar-refractivity contribution is -0.124. The van der Waals surface area contributed by atoms with Crippen molar-refractivity contribution < 1.29 is 28.7 Å². The number of hydrogen-bond donors (Lipinski definition) is 4. The van der Waals surface area contributed by atoms with Crippen molar-refractivity contribution in [2.24, 2.45) is 5.92 Å². The Hall–Kier alpha value is -4.08. The van der Waals surface area contributed by atoms with Crippen molar-refractivity contribution in [3.63, 3.8) is 0 Å². The van der Waals surface area contributed by atoms with E-state index in [2.05, 4.69) is 21.3 Å². The molecule has 2 aromatic rings. The van der Waals surface area contributed by atoms with Crippen LogP contribution >= 0.6 is 0 Å². The Bertz CT molecular complexity index is 1050. The summed E-state index contributed by atoms with van der Waals surface area (Å²) in [4.78, 5) is 49.4. The Labute approximate surface area is 230 Å². The minimum absolute atomic E-state index is 0.104. The van der Waals surface area contributed by atoms with Gasteiger partial charge in [-0.1, -0.05) is 81.4 Å². The number of nitrogens with one attached hydrogen (secondary N) is 4. The highest BCUT2D eigenvalue weighted by Crippen LogP contribution is 2.08. The first-order valence-corrected chi connectivity index (χ1v) is 13.2. The van der Waals surface area contributed by atoms with Gasteiger partial charge in [-0.25, -0.2) is 9.59 Å². The largest absolute Gasteiger partial charge is 0.445 e. The summed E-state index contributed by atoms with van der Waals surface area (Å²) in [5.74, 6) is -0.867. The number of rotatable bonds is 14. The van der Waals surface area contributed by atoms with Crippen molar-refractivity contribution in [1.29, 1.82) is 0 Å². The highest BCUT2D eigenvalue weighted by atomic mass is 16.6. The van der Waals surface area contributed by atoms with Crippen LogP contribution in [0.5, 0.6) is 0 Å². The topological polar surface area (TPSA) is 135 Å². The molecule has 0 aliphatic rings. The van der Waals surface area contributed by atoms with Gasteiger partial charge in [0.05, 0.1) is 0 Å². The van der Waals surface area contributed by atoms with Crippen LogP contribution in [0.1, 0.15) is 51.7 Å². The molecule has 10 heteroatoms. The molecule has 0 heterocycles. The third-order valence-electron chi connectivity index (χ3n) is 5.93. The Morgan fingerprint density at radius 2 is 1.28 bits per heavy atom. The summed E-state index contributed by atoms with van der Waals surface area (Å²) in [6, 6.07) is 17.2. The molecule has 0 saturated heterocycles. The lowest BCUT2D eigenvalue weighted by Crippen LogP contribution is -2.52. The van der Waals surface area contributed by atoms with E-state index in [0.717, 1.165) is 11.1 Å². The minimum atomic E-state index is -0.781. The molecule has 39 heavy (non-hydrogen) atoms. The summed E-state index contributed by atoms with van der Waals surface area (Å²) >= 11 is 0. The predicted octanol–water partition coefficient (Wildman–Crippen LogP) is 3.65. The van der Waals surface area contributed by atoms with Crippen molar-refractivity contribution in [1.82, 2.24) is 21.3 Å². The van der Waals surface area contributed by atoms with Crippen molar-refractivity contribution in [2.45, 2.75) is 71.9 Å². The van der Waals surface area contributed by atoms with E-state index in [1.165, 1.54) is 0 Å². The van der Waals surface area contributed by atoms with Crippen LogP contribution in [0.4, 0.5) is 9.59 Å². The molecule has 2 aromatic carbocycles. The highest BCUT2D eigenvalue weighted by Gasteiger charge is 2.26. The quantitative estimate of drug-likeness (QED) is 0.289. The third-order valence-corrected chi connectivity index (χ3v) is 5.93. The van der Waals surface area contributed by atoms with Gasteiger partial charge in [0.15, 0.2) is 0 Å². The van der Waals surface area contributed by atoms with Crippen LogP contribution in [-0.2, 0) is 32.3 Å². The van der Waals surface area contributed by atoms with Gasteiger partial charge in [0.25, 0.3) is 0 Å². The normalized spacial score (nSPS) is 12.9. The molecule has 0 aliphatic heterocycles. The number of carbonyl (C=O) groups excluding carboxylic acids is 4. The predicted molar refractivity (Wildman–Crippen MR) is 147 cm³/mol. The van der Waals surface area contributed by atoms with Gasteiger partial charge in [0.1, 0.15) is 25.8 Å². The second kappa shape index (κ2) is 16.7. The van der Waals surface area contributed by atoms with Gasteiger partial charge in [-0.15, -0.1) is 0 Å². The number of amides is 4. The number of alkyl carbamates (subject to hydrolysis) is 2. The Kier molecular flexibility index (Phi) is 13.3. The Morgan fingerprint density at radius 3 is 1.79 bits per heavy atom. The van der Waals surface area contributed by atoms with Gasteiger partial charge >= 0.3 is 12.2 Å². The molecule has 4 N–H and O–H groups in total. The number of ether oxygens (including phenoxy) is 2. The lowest BCUT2D eigenvalue weighted by Gasteiger charge is -2.26. The van der Waals surface area contributed by atoms with Gasteiger partial charge in [0.2, 0.25) is 11.8 Å². The third kappa shape index (κ3) is 12.3. The highest BCUT2D eigenvalue weighted by molar-refractivity contribution is 5.86. The summed E-state index contributed by atoms with van der Waals surface area (Å²) in [7, 11) is 0. The lowest BCUT2D eigenvalue weighted by atomic mass is 10.0. The fraction of sp³-hybridized carbons (Fsp3) is 0.448. The van der Waals surface area contributed by atoms with E-state index in [-0.39, 0.29) is 49.6 Å². The maximum atomic E-state index is 12.9. The molecule has 0 aromatic heterocycles. The second-order valence-electron chi connectivity index (χ2n) is 9.66. The van der Waals surface area contributed by atoms with E-state index in [9.17, 15) is 19.2 Å². The molecular weight excluding hydrogens is 500 g/mol. The Balaban J connectivity index is 1.74. The van der Waals surface area contributed by atoms with Crippen LogP contribution in [0.2, 0.25) is 0 Å². The van der Waals surface area contributed by atoms with E-state index in [0.29, 0.717) is 12.8 Å². The minimum Gasteiger partial charge on any atom is -0.445 e. The average molecular weight is 541 g/mol. The van der Waals surface area contributed by atoms with E-state index >= 15 is 0 Å². The molecule has 10 nitrogen and oxygen atoms in total. The zero-order chi connectivity index (χ0) is 28.6. The second-order valence-corrected chi connectivity index (χ2v) is 9.66. The molecule has 0 bridgehead atoms. The molecule has 0 radical (unpaired) electrons. The molecule has 3 unspecified atom stereocenters. The Morgan fingerprint density at radius 1 is 0.744 bits per heavy atom. The zero-order valence-corrected chi connectivity index (χ0v) is 23.1. The fourth-order valence-electron chi connectivity index (χ4n) is 3.78. The maximum absolute atomic E-state index is 12.9. The molecule has 3 atom stereocenters. The van der Waals surface area contributed by atoms with Crippen LogP contribution in [0, 0.1) is 5.92 Å². The van der Waals surface area contributed by atoms with Crippen molar-refractivity contribution in [3.05, 3.63) is 71.8 Å². The summed E-state index contributed by atoms with van der Waals surface area (Å²) in [5, 5.41) is 10.9. The fourth-order valence-corrected chi connectivity index (χ4v) is 3.78. The van der Waals surface area contributed by atoms with Crippen molar-refractivity contribution >= 4 is 24.0 Å². The number of carbonyl (C=O) groups is 4. The van der Waals surface area contributed by atoms with Crippen molar-refractivity contribution in [3.8, 4) is 0 Å². The standard InChI is InChI=1S/C29H40N4O6/c1-5-24(32-25(34)17-30-28(36)38-18-22-12-8-6-9-13-22)16-21(4)31-27(35)26(20(2)3)33-29(37)39-19-23-14-10-7-11-15-23/h6-15,20-21,24,26H,5,16-19H2,1-4H3,(H,30,36)(H,31,35)(H,32,34)(H,33,37). The average Bonchev–Trinajstić information content (AvgIpc) is 2.93. The molecule has 212 valence electrons. The summed E-state index contributed by atoms with van der Waals surface area (Å²) in [5.41, 5.74) is 1.69. The summed E-state index contributed by atoms with van der Waals surface area (Å²) < 4.78 is 10.4. The van der Waals surface area contributed by atoms with E-state index < -0.39 is 18.2 Å². The van der Waals surface area contributed by atoms with Crippen LogP contribution in [-0.4, -0.2) is 48.7 Å². The SMILES string of the molecule is CCC(CC(C)NC(=O)C(NC(=O)OCc1ccccc1)C(C)C)NC(=O)CNC(=O)OCc1ccccc1. The maximum Gasteiger partial charge on any atom is 0.408 e. The molecule has 4 amide bonds. The summed E-state index contributed by atoms with van der Waals surface area (Å²) in [6.45, 7) is 7.40. The van der Waals surface area contributed by atoms with Gasteiger partial charge in [0, 0.05) is 12.1 Å². The van der Waals surface area contributed by atoms with Crippen LogP contribution in [0.3, 0.4) is 0 Å². The number of benzene rings is 2. The number of hydrogen-bond acceptors (Lipinski definition) is 6. The monoisotopic (exact) mass is 540 g/mol. The molecule has 2 rings (SSSR count). The van der Waals surface area contributed by atoms with Gasteiger partial charge < -0.3 is 30.7 Å². The van der Waals surface area contributed by atoms with E-state index in [1.807, 2.05) is 88.4 Å². The van der Waals surface area contributed by atoms with Gasteiger partial charge in [-0.05, 0) is 36.8 Å². The van der Waals surface area contributed by atoms with E-state index in [4.69, 9.17) is 9.47 Å². The molecule has 0 spiro atoms. The molecular formula is C29H40N4O6. The van der Waals surface area contributed by atoms with E-state index in [1.54, 1.807) is 0 Å². The molecule has 0 saturated carbocycles. The first-order chi connectivity index (χ1) is 18.7. The molecule has 0 aliphatic carbocycles. The van der Waals surface area contributed by atoms with Gasteiger partial charge in [-0.3, -0.25) is 9.59 Å². The molecule has 0 fully saturated rings. The van der Waals surface area contributed by atoms with Gasteiger partial charge in [-0.2, -0.15) is 0 Å². The first-order valence-electron chi connectivity index (χ1n) is 13.2. The van der Waals surface area contributed by atoms with Crippen molar-refractivity contribution in [2.75, 3.05) is 6.54 Å². The first kappa shape index (κ1) is 31.1. The van der Waals surface area contributed by atoms with Crippen LogP contribution in [0.25, 0.3) is 0 Å². The van der Waals surface area contributed by atoms with Crippen LogP contribution in [0.15, 0.2) is 60.7 Å². The zero-order valence-electron chi connectivity index (χ0n) is 23.1. The summed E-state index contributed by atoms with van der Waals surface area (Å²) in [6.07, 6.45) is -0.260. The smallest absolute Gasteiger partial charge is 0.408 e. The van der Waals surface area contributed by atoms with Crippen LogP contribution < -0.4 is 21.3 Å².